The molecule has 0 spiro atoms. The smallest absolute Gasteiger partial charge is 0.450 e. The Bertz CT molecular complexity index is 976. The molecule has 0 fully saturated rings. The first-order valence-corrected chi connectivity index (χ1v) is 14.0. The Hall–Kier alpha value is -2.71. The zero-order valence-corrected chi connectivity index (χ0v) is 23.2. The molecule has 0 amide bonds. The molecule has 0 unspecified atom stereocenters. The lowest BCUT2D eigenvalue weighted by atomic mass is 10.0. The number of aldehydes is 1. The molecule has 1 aromatic heterocycles. The molecule has 1 N–H and O–H groups in total. The van der Waals surface area contributed by atoms with Crippen LogP contribution in [0, 0.1) is 0 Å². The van der Waals surface area contributed by atoms with Crippen LogP contribution in [0.25, 0.3) is 5.69 Å². The average molecular weight is 540 g/mol. The van der Waals surface area contributed by atoms with Gasteiger partial charge >= 0.3 is 6.18 Å². The first-order valence-electron chi connectivity index (χ1n) is 14.0. The number of hydrogen-bond donors (Lipinski definition) is 1. The second kappa shape index (κ2) is 16.3. The van der Waals surface area contributed by atoms with Crippen molar-refractivity contribution in [3.8, 4) is 17.3 Å². The van der Waals surface area contributed by atoms with E-state index in [0.717, 1.165) is 25.1 Å². The van der Waals surface area contributed by atoms with Crippen molar-refractivity contribution in [2.75, 3.05) is 25.6 Å². The molecule has 38 heavy (non-hydrogen) atoms. The average Bonchev–Trinajstić information content (AvgIpc) is 3.24. The van der Waals surface area contributed by atoms with Crippen LogP contribution in [0.2, 0.25) is 0 Å². The fourth-order valence-electron chi connectivity index (χ4n) is 4.69. The summed E-state index contributed by atoms with van der Waals surface area (Å²) in [7, 11) is 3.27. The van der Waals surface area contributed by atoms with Gasteiger partial charge in [-0.15, -0.1) is 0 Å². The molecule has 0 bridgehead atoms. The number of aromatic nitrogens is 2. The van der Waals surface area contributed by atoms with Crippen LogP contribution in [0.1, 0.15) is 113 Å². The van der Waals surface area contributed by atoms with Gasteiger partial charge in [0.05, 0.1) is 12.8 Å². The monoisotopic (exact) mass is 539 g/mol. The van der Waals surface area contributed by atoms with E-state index in [4.69, 9.17) is 4.74 Å². The van der Waals surface area contributed by atoms with Crippen LogP contribution in [-0.2, 0) is 6.18 Å². The van der Waals surface area contributed by atoms with Crippen molar-refractivity contribution in [1.82, 2.24) is 9.55 Å². The van der Waals surface area contributed by atoms with Crippen LogP contribution in [0.15, 0.2) is 18.2 Å². The van der Waals surface area contributed by atoms with E-state index in [9.17, 15) is 23.1 Å². The van der Waals surface area contributed by atoms with Gasteiger partial charge in [0.15, 0.2) is 12.0 Å². The molecule has 0 aliphatic rings. The Kier molecular flexibility index (Phi) is 13.5. The number of hydrogen-bond acceptors (Lipinski definition) is 5. The van der Waals surface area contributed by atoms with Crippen LogP contribution >= 0.6 is 0 Å². The Morgan fingerprint density at radius 1 is 0.947 bits per heavy atom. The minimum absolute atomic E-state index is 0.0495. The molecule has 0 saturated heterocycles. The van der Waals surface area contributed by atoms with Gasteiger partial charge in [0.1, 0.15) is 5.75 Å². The van der Waals surface area contributed by atoms with Crippen LogP contribution in [-0.4, -0.2) is 41.6 Å². The van der Waals surface area contributed by atoms with Crippen molar-refractivity contribution in [3.63, 3.8) is 0 Å². The van der Waals surface area contributed by atoms with Crippen LogP contribution in [0.3, 0.4) is 0 Å². The minimum atomic E-state index is -4.87. The number of rotatable bonds is 19. The highest BCUT2D eigenvalue weighted by Gasteiger charge is 2.40. The molecule has 0 saturated carbocycles. The van der Waals surface area contributed by atoms with Crippen molar-refractivity contribution in [1.29, 1.82) is 0 Å². The van der Waals surface area contributed by atoms with Crippen molar-refractivity contribution in [2.45, 2.75) is 103 Å². The van der Waals surface area contributed by atoms with E-state index in [2.05, 4.69) is 11.9 Å². The van der Waals surface area contributed by atoms with Gasteiger partial charge in [0.2, 0.25) is 11.7 Å². The molecule has 2 aromatic rings. The van der Waals surface area contributed by atoms with Gasteiger partial charge in [-0.1, -0.05) is 90.4 Å². The summed E-state index contributed by atoms with van der Waals surface area (Å²) in [5, 5.41) is 10.2. The van der Waals surface area contributed by atoms with E-state index in [1.807, 2.05) is 11.9 Å². The Balaban J connectivity index is 1.79. The Morgan fingerprint density at radius 2 is 1.47 bits per heavy atom. The number of imidazole rings is 1. The summed E-state index contributed by atoms with van der Waals surface area (Å²) in [4.78, 5) is 16.4. The molecule has 0 aliphatic heterocycles. The van der Waals surface area contributed by atoms with E-state index < -0.39 is 23.6 Å². The first-order chi connectivity index (χ1) is 18.2. The zero-order chi connectivity index (χ0) is 28.0. The van der Waals surface area contributed by atoms with E-state index in [1.165, 1.54) is 90.2 Å². The van der Waals surface area contributed by atoms with E-state index >= 15 is 0 Å². The molecule has 214 valence electrons. The van der Waals surface area contributed by atoms with Crippen molar-refractivity contribution in [3.05, 3.63) is 29.7 Å². The summed E-state index contributed by atoms with van der Waals surface area (Å²) < 4.78 is 46.4. The Morgan fingerprint density at radius 3 is 1.95 bits per heavy atom. The highest BCUT2D eigenvalue weighted by Crippen LogP contribution is 2.38. The number of methoxy groups -OCH3 is 1. The number of unbranched alkanes of at least 4 members (excludes halogenated alkanes) is 13. The Labute approximate surface area is 225 Å². The maximum atomic E-state index is 13.5. The maximum absolute atomic E-state index is 13.5. The number of alkyl halides is 3. The summed E-state index contributed by atoms with van der Waals surface area (Å²) in [6, 6.07) is 4.72. The van der Waals surface area contributed by atoms with E-state index in [-0.39, 0.29) is 17.7 Å². The second-order valence-electron chi connectivity index (χ2n) is 9.97. The minimum Gasteiger partial charge on any atom is -0.494 e. The standard InChI is InChI=1S/C29H44F3N3O3/c1-4-5-6-7-8-9-10-11-12-13-14-15-16-17-20-34(2)23-18-19-25(26(21-23)38-3)35-27(37)24(22-36)33-28(35)29(30,31)32/h18-19,21-22,37H,4-17,20H2,1-3H3. The summed E-state index contributed by atoms with van der Waals surface area (Å²) in [6.45, 7) is 3.06. The van der Waals surface area contributed by atoms with Gasteiger partial charge in [-0.3, -0.25) is 9.36 Å². The lowest BCUT2D eigenvalue weighted by Crippen LogP contribution is -2.19. The summed E-state index contributed by atoms with van der Waals surface area (Å²) in [5.41, 5.74) is 0.0500. The van der Waals surface area contributed by atoms with Crippen molar-refractivity contribution < 1.29 is 27.8 Å². The predicted octanol–water partition coefficient (Wildman–Crippen LogP) is 8.34. The number of halogens is 3. The molecule has 0 radical (unpaired) electrons. The SMILES string of the molecule is CCCCCCCCCCCCCCCCN(C)c1ccc(-n2c(C(F)(F)F)nc(C=O)c2O)c(OC)c1. The van der Waals surface area contributed by atoms with Crippen LogP contribution in [0.4, 0.5) is 18.9 Å². The molecule has 0 atom stereocenters. The molecular formula is C29H44F3N3O3. The van der Waals surface area contributed by atoms with Crippen LogP contribution < -0.4 is 9.64 Å². The molecule has 6 nitrogen and oxygen atoms in total. The third kappa shape index (κ3) is 9.55. The number of carbonyl (C=O) groups excluding carboxylic acids is 1. The highest BCUT2D eigenvalue weighted by molar-refractivity contribution is 5.76. The number of carbonyl (C=O) groups is 1. The molecule has 9 heteroatoms. The topological polar surface area (TPSA) is 67.6 Å². The molecule has 2 rings (SSSR count). The van der Waals surface area contributed by atoms with Gasteiger partial charge in [0.25, 0.3) is 0 Å². The number of aromatic hydroxyl groups is 1. The lowest BCUT2D eigenvalue weighted by molar-refractivity contribution is -0.146. The second-order valence-corrected chi connectivity index (χ2v) is 9.97. The normalized spacial score (nSPS) is 11.6. The zero-order valence-electron chi connectivity index (χ0n) is 23.2. The van der Waals surface area contributed by atoms with Gasteiger partial charge in [0, 0.05) is 25.3 Å². The summed E-state index contributed by atoms with van der Waals surface area (Å²) in [6.07, 6.45) is 13.3. The quantitative estimate of drug-likeness (QED) is 0.144. The van der Waals surface area contributed by atoms with Gasteiger partial charge < -0.3 is 14.7 Å². The number of ether oxygens (including phenoxy) is 1. The molecule has 1 aromatic carbocycles. The third-order valence-corrected chi connectivity index (χ3v) is 6.94. The molecule has 1 heterocycles. The third-order valence-electron chi connectivity index (χ3n) is 6.94. The number of benzene rings is 1. The fraction of sp³-hybridized carbons (Fsp3) is 0.655. The lowest BCUT2D eigenvalue weighted by Gasteiger charge is -2.22. The van der Waals surface area contributed by atoms with E-state index in [1.54, 1.807) is 12.1 Å². The molecular weight excluding hydrogens is 495 g/mol. The fourth-order valence-corrected chi connectivity index (χ4v) is 4.69. The van der Waals surface area contributed by atoms with Gasteiger partial charge in [-0.25, -0.2) is 4.98 Å². The maximum Gasteiger partial charge on any atom is 0.450 e. The van der Waals surface area contributed by atoms with Gasteiger partial charge in [-0.05, 0) is 18.6 Å². The summed E-state index contributed by atoms with van der Waals surface area (Å²) in [5.74, 6) is -2.14. The van der Waals surface area contributed by atoms with Crippen LogP contribution in [0.5, 0.6) is 11.6 Å². The first kappa shape index (κ1) is 31.5. The highest BCUT2D eigenvalue weighted by atomic mass is 19.4. The van der Waals surface area contributed by atoms with Gasteiger partial charge in [-0.2, -0.15) is 13.2 Å². The molecule has 0 aliphatic carbocycles. The number of anilines is 1. The van der Waals surface area contributed by atoms with Crippen molar-refractivity contribution in [2.24, 2.45) is 0 Å². The largest absolute Gasteiger partial charge is 0.494 e. The van der Waals surface area contributed by atoms with Crippen molar-refractivity contribution >= 4 is 12.0 Å². The predicted molar refractivity (Wildman–Crippen MR) is 146 cm³/mol. The summed E-state index contributed by atoms with van der Waals surface area (Å²) >= 11 is 0. The number of nitrogens with zero attached hydrogens (tertiary/aromatic N) is 3. The van der Waals surface area contributed by atoms with E-state index in [0.29, 0.717) is 4.57 Å².